The zero-order valence-corrected chi connectivity index (χ0v) is 10.1. The van der Waals surface area contributed by atoms with E-state index in [0.29, 0.717) is 6.61 Å². The summed E-state index contributed by atoms with van der Waals surface area (Å²) in [5.74, 6) is -0.517. The van der Waals surface area contributed by atoms with Gasteiger partial charge in [-0.15, -0.1) is 0 Å². The first kappa shape index (κ1) is 13.9. The van der Waals surface area contributed by atoms with Crippen molar-refractivity contribution in [3.8, 4) is 0 Å². The van der Waals surface area contributed by atoms with E-state index in [2.05, 4.69) is 4.74 Å². The number of rotatable bonds is 6. The molecule has 0 saturated carbocycles. The Kier molecular flexibility index (Phi) is 4.78. The Bertz CT molecular complexity index is 231. The quantitative estimate of drug-likeness (QED) is 0.503. The van der Waals surface area contributed by atoms with Gasteiger partial charge in [0.2, 0.25) is 5.60 Å². The van der Waals surface area contributed by atoms with E-state index in [4.69, 9.17) is 4.74 Å². The van der Waals surface area contributed by atoms with Gasteiger partial charge in [0, 0.05) is 0 Å². The number of ether oxygens (including phenoxy) is 2. The molecule has 0 atom stereocenters. The topological polar surface area (TPSA) is 52.6 Å². The maximum atomic E-state index is 11.5. The summed E-state index contributed by atoms with van der Waals surface area (Å²) in [6.07, 6.45) is 0.912. The van der Waals surface area contributed by atoms with Crippen molar-refractivity contribution in [2.75, 3.05) is 6.61 Å². The molecule has 0 spiro atoms. The molecule has 0 amide bonds. The molecule has 0 N–H and O–H groups in total. The fraction of sp³-hybridized carbons (Fsp3) is 0.818. The average Bonchev–Trinajstić information content (AvgIpc) is 2.14. The lowest BCUT2D eigenvalue weighted by molar-refractivity contribution is -0.174. The van der Waals surface area contributed by atoms with E-state index in [1.165, 1.54) is 13.8 Å². The predicted molar refractivity (Wildman–Crippen MR) is 56.3 cm³/mol. The van der Waals surface area contributed by atoms with Gasteiger partial charge in [0.15, 0.2) is 0 Å². The summed E-state index contributed by atoms with van der Waals surface area (Å²) in [6, 6.07) is 0. The Morgan fingerprint density at radius 1 is 1.27 bits per heavy atom. The van der Waals surface area contributed by atoms with E-state index >= 15 is 0 Å². The van der Waals surface area contributed by atoms with Crippen molar-refractivity contribution in [3.05, 3.63) is 0 Å². The van der Waals surface area contributed by atoms with Crippen LogP contribution in [0.15, 0.2) is 0 Å². The molecule has 0 aliphatic carbocycles. The second-order valence-corrected chi connectivity index (χ2v) is 4.82. The summed E-state index contributed by atoms with van der Waals surface area (Å²) >= 11 is 0. The minimum atomic E-state index is -1.20. The van der Waals surface area contributed by atoms with Crippen LogP contribution in [0.1, 0.15) is 41.0 Å². The van der Waals surface area contributed by atoms with Gasteiger partial charge in [0.1, 0.15) is 0 Å². The fourth-order valence-corrected chi connectivity index (χ4v) is 0.705. The molecule has 0 aliphatic heterocycles. The van der Waals surface area contributed by atoms with E-state index in [1.807, 2.05) is 20.8 Å². The van der Waals surface area contributed by atoms with Crippen molar-refractivity contribution in [2.45, 2.75) is 46.6 Å². The molecule has 15 heavy (non-hydrogen) atoms. The van der Waals surface area contributed by atoms with Crippen molar-refractivity contribution < 1.29 is 19.1 Å². The zero-order chi connectivity index (χ0) is 12.1. The van der Waals surface area contributed by atoms with Gasteiger partial charge in [-0.25, -0.2) is 4.79 Å². The summed E-state index contributed by atoms with van der Waals surface area (Å²) in [5.41, 5.74) is -1.25. The van der Waals surface area contributed by atoms with Crippen LogP contribution in [0.2, 0.25) is 0 Å². The van der Waals surface area contributed by atoms with Gasteiger partial charge in [0.05, 0.1) is 6.61 Å². The van der Waals surface area contributed by atoms with Gasteiger partial charge in [0.25, 0.3) is 6.47 Å². The standard InChI is InChI=1S/C11H20O4/c1-6-10(2,3)7-14-9(13)11(4,5)15-8-12/h8H,6-7H2,1-5H3. The normalized spacial score (nSPS) is 12.1. The molecular weight excluding hydrogens is 196 g/mol. The Morgan fingerprint density at radius 3 is 2.20 bits per heavy atom. The van der Waals surface area contributed by atoms with Crippen LogP contribution in [0.25, 0.3) is 0 Å². The molecule has 4 nitrogen and oxygen atoms in total. The minimum absolute atomic E-state index is 0.0487. The molecular formula is C11H20O4. The van der Waals surface area contributed by atoms with Crippen LogP contribution in [0.5, 0.6) is 0 Å². The van der Waals surface area contributed by atoms with Gasteiger partial charge >= 0.3 is 5.97 Å². The molecule has 4 heteroatoms. The highest BCUT2D eigenvalue weighted by Gasteiger charge is 2.32. The summed E-state index contributed by atoms with van der Waals surface area (Å²) in [6.45, 7) is 9.63. The van der Waals surface area contributed by atoms with Crippen LogP contribution in [-0.2, 0) is 19.1 Å². The Hall–Kier alpha value is -1.06. The monoisotopic (exact) mass is 216 g/mol. The second-order valence-electron chi connectivity index (χ2n) is 4.82. The van der Waals surface area contributed by atoms with E-state index in [9.17, 15) is 9.59 Å². The molecule has 0 saturated heterocycles. The molecule has 0 rings (SSSR count). The fourth-order valence-electron chi connectivity index (χ4n) is 0.705. The van der Waals surface area contributed by atoms with E-state index in [-0.39, 0.29) is 11.9 Å². The van der Waals surface area contributed by atoms with Crippen molar-refractivity contribution in [1.82, 2.24) is 0 Å². The molecule has 0 aromatic carbocycles. The zero-order valence-electron chi connectivity index (χ0n) is 10.1. The minimum Gasteiger partial charge on any atom is -0.462 e. The maximum absolute atomic E-state index is 11.5. The average molecular weight is 216 g/mol. The van der Waals surface area contributed by atoms with E-state index in [1.54, 1.807) is 0 Å². The lowest BCUT2D eigenvalue weighted by Gasteiger charge is -2.26. The van der Waals surface area contributed by atoms with Crippen LogP contribution < -0.4 is 0 Å². The third kappa shape index (κ3) is 4.81. The third-order valence-electron chi connectivity index (χ3n) is 2.39. The molecule has 0 aromatic heterocycles. The maximum Gasteiger partial charge on any atom is 0.350 e. The van der Waals surface area contributed by atoms with Crippen LogP contribution in [0.3, 0.4) is 0 Å². The molecule has 0 bridgehead atoms. The number of hydrogen-bond acceptors (Lipinski definition) is 4. The number of esters is 1. The Balaban J connectivity index is 4.20. The predicted octanol–water partition coefficient (Wildman–Crippen LogP) is 1.92. The number of carbonyl (C=O) groups is 2. The summed E-state index contributed by atoms with van der Waals surface area (Å²) < 4.78 is 9.73. The van der Waals surface area contributed by atoms with Gasteiger partial charge < -0.3 is 9.47 Å². The smallest absolute Gasteiger partial charge is 0.350 e. The van der Waals surface area contributed by atoms with Crippen molar-refractivity contribution in [1.29, 1.82) is 0 Å². The van der Waals surface area contributed by atoms with Crippen LogP contribution in [-0.4, -0.2) is 24.6 Å². The highest BCUT2D eigenvalue weighted by molar-refractivity contribution is 5.79. The Labute approximate surface area is 90.9 Å². The first-order valence-corrected chi connectivity index (χ1v) is 5.04. The molecule has 0 aromatic rings. The highest BCUT2D eigenvalue weighted by atomic mass is 16.6. The van der Waals surface area contributed by atoms with Crippen molar-refractivity contribution in [3.63, 3.8) is 0 Å². The molecule has 0 heterocycles. The molecule has 0 aliphatic rings. The molecule has 0 unspecified atom stereocenters. The number of hydrogen-bond donors (Lipinski definition) is 0. The second kappa shape index (κ2) is 5.14. The lowest BCUT2D eigenvalue weighted by atomic mass is 9.92. The third-order valence-corrected chi connectivity index (χ3v) is 2.39. The van der Waals surface area contributed by atoms with Crippen LogP contribution in [0.4, 0.5) is 0 Å². The first-order valence-electron chi connectivity index (χ1n) is 5.04. The van der Waals surface area contributed by atoms with Crippen LogP contribution >= 0.6 is 0 Å². The van der Waals surface area contributed by atoms with Gasteiger partial charge in [-0.2, -0.15) is 0 Å². The first-order chi connectivity index (χ1) is 6.75. The number of carbonyl (C=O) groups excluding carboxylic acids is 2. The summed E-state index contributed by atoms with van der Waals surface area (Å²) in [5, 5.41) is 0. The lowest BCUT2D eigenvalue weighted by Crippen LogP contribution is -2.38. The largest absolute Gasteiger partial charge is 0.462 e. The van der Waals surface area contributed by atoms with Crippen LogP contribution in [0, 0.1) is 5.41 Å². The van der Waals surface area contributed by atoms with Crippen molar-refractivity contribution in [2.24, 2.45) is 5.41 Å². The summed E-state index contributed by atoms with van der Waals surface area (Å²) in [7, 11) is 0. The molecule has 0 fully saturated rings. The molecule has 88 valence electrons. The van der Waals surface area contributed by atoms with E-state index < -0.39 is 11.6 Å². The van der Waals surface area contributed by atoms with Gasteiger partial charge in [-0.05, 0) is 25.7 Å². The van der Waals surface area contributed by atoms with E-state index in [0.717, 1.165) is 6.42 Å². The highest BCUT2D eigenvalue weighted by Crippen LogP contribution is 2.21. The molecule has 0 radical (unpaired) electrons. The SMILES string of the molecule is CCC(C)(C)COC(=O)C(C)(C)OC=O. The van der Waals surface area contributed by atoms with Crippen molar-refractivity contribution >= 4 is 12.4 Å². The van der Waals surface area contributed by atoms with Gasteiger partial charge in [-0.1, -0.05) is 20.8 Å². The van der Waals surface area contributed by atoms with Gasteiger partial charge in [-0.3, -0.25) is 4.79 Å². The Morgan fingerprint density at radius 2 is 1.80 bits per heavy atom. The summed E-state index contributed by atoms with van der Waals surface area (Å²) in [4.78, 5) is 21.7.